The van der Waals surface area contributed by atoms with Crippen LogP contribution >= 0.6 is 0 Å². The second-order valence-corrected chi connectivity index (χ2v) is 9.38. The van der Waals surface area contributed by atoms with Crippen LogP contribution in [0.1, 0.15) is 33.2 Å². The van der Waals surface area contributed by atoms with E-state index >= 15 is 0 Å². The molecule has 0 saturated heterocycles. The average molecular weight is 494 g/mol. The Balaban J connectivity index is 1.83. The van der Waals surface area contributed by atoms with E-state index in [4.69, 9.17) is 0 Å². The van der Waals surface area contributed by atoms with Gasteiger partial charge in [0.15, 0.2) is 9.84 Å². The predicted octanol–water partition coefficient (Wildman–Crippen LogP) is 5.14. The molecule has 0 spiro atoms. The van der Waals surface area contributed by atoms with Gasteiger partial charge < -0.3 is 10.6 Å². The van der Waals surface area contributed by atoms with Gasteiger partial charge in [-0.05, 0) is 66.7 Å². The highest BCUT2D eigenvalue weighted by atomic mass is 32.2. The molecule has 0 aliphatic heterocycles. The number of carbonyl (C=O) groups is 2. The van der Waals surface area contributed by atoms with Crippen molar-refractivity contribution < 1.29 is 35.6 Å². The summed E-state index contributed by atoms with van der Waals surface area (Å²) in [6.07, 6.45) is -4.86. The minimum absolute atomic E-state index is 0.0104. The Hall–Kier alpha value is -3.73. The van der Waals surface area contributed by atoms with Crippen LogP contribution in [0.25, 0.3) is 0 Å². The second kappa shape index (κ2) is 9.64. The number of hydrogen-bond acceptors (Lipinski definition) is 4. The van der Waals surface area contributed by atoms with Crippen molar-refractivity contribution in [1.82, 2.24) is 0 Å². The third-order valence-electron chi connectivity index (χ3n) is 4.79. The molecule has 2 N–H and O–H groups in total. The second-order valence-electron chi connectivity index (χ2n) is 7.10. The molecule has 11 heteroatoms. The number of hydrogen-bond donors (Lipinski definition) is 2. The van der Waals surface area contributed by atoms with Gasteiger partial charge in [0.25, 0.3) is 11.8 Å². The highest BCUT2D eigenvalue weighted by Crippen LogP contribution is 2.37. The molecule has 3 aromatic rings. The van der Waals surface area contributed by atoms with Crippen molar-refractivity contribution in [1.29, 1.82) is 0 Å². The summed E-state index contributed by atoms with van der Waals surface area (Å²) in [5, 5.41) is 4.46. The van der Waals surface area contributed by atoms with Gasteiger partial charge in [-0.1, -0.05) is 6.92 Å². The molecule has 0 fully saturated rings. The summed E-state index contributed by atoms with van der Waals surface area (Å²) >= 11 is 0. The first-order chi connectivity index (χ1) is 15.9. The molecule has 6 nitrogen and oxygen atoms in total. The van der Waals surface area contributed by atoms with Gasteiger partial charge in [0.2, 0.25) is 0 Å². The standard InChI is InChI=1S/C23H18F4N2O4S/c1-2-34(32,33)18-10-5-15(6-11-18)22(31)29-20-12-9-17(13-19(20)23(25,26)27)28-21(30)14-3-7-16(24)8-4-14/h3-13H,2H2,1H3,(H,28,30)(H,29,31). The fourth-order valence-electron chi connectivity index (χ4n) is 2.94. The SMILES string of the molecule is CCS(=O)(=O)c1ccc(C(=O)Nc2ccc(NC(=O)c3ccc(F)cc3)cc2C(F)(F)F)cc1. The molecule has 0 heterocycles. The van der Waals surface area contributed by atoms with E-state index in [0.717, 1.165) is 18.2 Å². The minimum Gasteiger partial charge on any atom is -0.322 e. The van der Waals surface area contributed by atoms with Gasteiger partial charge in [0.1, 0.15) is 5.82 Å². The Morgan fingerprint density at radius 1 is 0.824 bits per heavy atom. The van der Waals surface area contributed by atoms with Gasteiger partial charge in [-0.25, -0.2) is 12.8 Å². The van der Waals surface area contributed by atoms with Crippen molar-refractivity contribution in [3.05, 3.63) is 89.2 Å². The minimum atomic E-state index is -4.86. The van der Waals surface area contributed by atoms with Gasteiger partial charge in [0, 0.05) is 16.8 Å². The van der Waals surface area contributed by atoms with Crippen molar-refractivity contribution in [2.24, 2.45) is 0 Å². The first kappa shape index (κ1) is 24.9. The summed E-state index contributed by atoms with van der Waals surface area (Å²) < 4.78 is 77.7. The maximum Gasteiger partial charge on any atom is 0.418 e. The Morgan fingerprint density at radius 2 is 1.35 bits per heavy atom. The number of sulfone groups is 1. The van der Waals surface area contributed by atoms with Crippen molar-refractivity contribution in [2.45, 2.75) is 18.0 Å². The molecule has 0 unspecified atom stereocenters. The molecule has 178 valence electrons. The largest absolute Gasteiger partial charge is 0.418 e. The number of nitrogens with one attached hydrogen (secondary N) is 2. The van der Waals surface area contributed by atoms with Gasteiger partial charge in [-0.15, -0.1) is 0 Å². The number of benzene rings is 3. The topological polar surface area (TPSA) is 92.3 Å². The summed E-state index contributed by atoms with van der Waals surface area (Å²) in [6, 6.07) is 12.1. The lowest BCUT2D eigenvalue weighted by Crippen LogP contribution is -2.18. The number of carbonyl (C=O) groups excluding carboxylic acids is 2. The van der Waals surface area contributed by atoms with E-state index in [9.17, 15) is 35.6 Å². The Bertz CT molecular complexity index is 1320. The van der Waals surface area contributed by atoms with Crippen LogP contribution in [-0.4, -0.2) is 26.0 Å². The monoisotopic (exact) mass is 494 g/mol. The first-order valence-electron chi connectivity index (χ1n) is 9.83. The molecule has 0 aromatic heterocycles. The lowest BCUT2D eigenvalue weighted by Gasteiger charge is -2.16. The van der Waals surface area contributed by atoms with Gasteiger partial charge in [-0.3, -0.25) is 9.59 Å². The zero-order valence-corrected chi connectivity index (χ0v) is 18.4. The van der Waals surface area contributed by atoms with Crippen molar-refractivity contribution in [3.8, 4) is 0 Å². The number of amides is 2. The maximum absolute atomic E-state index is 13.6. The van der Waals surface area contributed by atoms with Crippen LogP contribution in [0.3, 0.4) is 0 Å². The average Bonchev–Trinajstić information content (AvgIpc) is 2.79. The molecular weight excluding hydrogens is 476 g/mol. The molecule has 0 atom stereocenters. The number of anilines is 2. The van der Waals surface area contributed by atoms with Gasteiger partial charge >= 0.3 is 6.18 Å². The van der Waals surface area contributed by atoms with Gasteiger partial charge in [-0.2, -0.15) is 13.2 Å². The lowest BCUT2D eigenvalue weighted by molar-refractivity contribution is -0.136. The van der Waals surface area contributed by atoms with Crippen LogP contribution in [-0.2, 0) is 16.0 Å². The molecule has 2 amide bonds. The smallest absolute Gasteiger partial charge is 0.322 e. The summed E-state index contributed by atoms with van der Waals surface area (Å²) in [6.45, 7) is 1.46. The van der Waals surface area contributed by atoms with E-state index in [1.165, 1.54) is 49.4 Å². The Morgan fingerprint density at radius 3 is 1.88 bits per heavy atom. The normalized spacial score (nSPS) is 11.7. The number of rotatable bonds is 6. The summed E-state index contributed by atoms with van der Waals surface area (Å²) in [7, 11) is -3.50. The van der Waals surface area contributed by atoms with Gasteiger partial charge in [0.05, 0.1) is 21.9 Å². The Kier molecular flexibility index (Phi) is 7.06. The van der Waals surface area contributed by atoms with E-state index in [0.29, 0.717) is 6.07 Å². The van der Waals surface area contributed by atoms with E-state index in [1.807, 2.05) is 0 Å². The lowest BCUT2D eigenvalue weighted by atomic mass is 10.1. The molecule has 3 rings (SSSR count). The molecular formula is C23H18F4N2O4S. The van der Waals surface area contributed by atoms with Crippen molar-refractivity contribution in [3.63, 3.8) is 0 Å². The van der Waals surface area contributed by atoms with E-state index in [2.05, 4.69) is 10.6 Å². The summed E-state index contributed by atoms with van der Waals surface area (Å²) in [5.41, 5.74) is -1.95. The van der Waals surface area contributed by atoms with E-state index in [-0.39, 0.29) is 27.5 Å². The zero-order chi connectivity index (χ0) is 25.1. The molecule has 0 aliphatic carbocycles. The fraction of sp³-hybridized carbons (Fsp3) is 0.130. The molecule has 0 aliphatic rings. The van der Waals surface area contributed by atoms with E-state index < -0.39 is 44.9 Å². The molecule has 3 aromatic carbocycles. The van der Waals surface area contributed by atoms with Crippen molar-refractivity contribution in [2.75, 3.05) is 16.4 Å². The number of halogens is 4. The van der Waals surface area contributed by atoms with Crippen molar-refractivity contribution >= 4 is 33.0 Å². The molecule has 0 radical (unpaired) electrons. The maximum atomic E-state index is 13.6. The Labute approximate surface area is 192 Å². The van der Waals surface area contributed by atoms with Crippen LogP contribution in [0.5, 0.6) is 0 Å². The quantitative estimate of drug-likeness (QED) is 0.464. The zero-order valence-electron chi connectivity index (χ0n) is 17.6. The highest BCUT2D eigenvalue weighted by molar-refractivity contribution is 7.91. The fourth-order valence-corrected chi connectivity index (χ4v) is 3.83. The van der Waals surface area contributed by atoms with Crippen LogP contribution < -0.4 is 10.6 Å². The van der Waals surface area contributed by atoms with Crippen LogP contribution in [0.15, 0.2) is 71.6 Å². The third kappa shape index (κ3) is 5.79. The summed E-state index contributed by atoms with van der Waals surface area (Å²) in [4.78, 5) is 24.7. The first-order valence-corrected chi connectivity index (χ1v) is 11.5. The summed E-state index contributed by atoms with van der Waals surface area (Å²) in [5.74, 6) is -2.34. The van der Waals surface area contributed by atoms with Crippen LogP contribution in [0.4, 0.5) is 28.9 Å². The van der Waals surface area contributed by atoms with E-state index in [1.54, 1.807) is 0 Å². The highest BCUT2D eigenvalue weighted by Gasteiger charge is 2.34. The van der Waals surface area contributed by atoms with Crippen LogP contribution in [0.2, 0.25) is 0 Å². The molecule has 34 heavy (non-hydrogen) atoms. The molecule has 0 bridgehead atoms. The predicted molar refractivity (Wildman–Crippen MR) is 118 cm³/mol. The number of alkyl halides is 3. The molecule has 0 saturated carbocycles. The third-order valence-corrected chi connectivity index (χ3v) is 6.54. The van der Waals surface area contributed by atoms with Crippen LogP contribution in [0, 0.1) is 5.82 Å².